The molecule has 5 aromatic rings. The summed E-state index contributed by atoms with van der Waals surface area (Å²) in [5.74, 6) is -0.0716. The predicted octanol–water partition coefficient (Wildman–Crippen LogP) is 4.96. The topological polar surface area (TPSA) is 95.9 Å². The quantitative estimate of drug-likeness (QED) is 0.224. The second-order valence-electron chi connectivity index (χ2n) is 7.27. The van der Waals surface area contributed by atoms with E-state index >= 15 is 0 Å². The highest BCUT2D eigenvalue weighted by Crippen LogP contribution is 2.29. The van der Waals surface area contributed by atoms with Crippen molar-refractivity contribution in [1.82, 2.24) is 25.0 Å². The molecule has 0 aliphatic heterocycles. The second kappa shape index (κ2) is 10.3. The first-order valence-electron chi connectivity index (χ1n) is 10.6. The van der Waals surface area contributed by atoms with Crippen LogP contribution in [0.4, 0.5) is 4.39 Å². The molecule has 35 heavy (non-hydrogen) atoms. The number of carbonyl (C=O) groups excluding carboxylic acids is 1. The minimum absolute atomic E-state index is 0.0398. The molecule has 0 saturated carbocycles. The number of benzene rings is 3. The Kier molecular flexibility index (Phi) is 6.62. The van der Waals surface area contributed by atoms with E-state index in [9.17, 15) is 9.18 Å². The standard InChI is InChI=1S/C25H18FN5O3S/c26-20-14-8-7-13-19(20)23-28-30-25(31(23)18-11-5-2-6-12-18)35-16-22(32)33-15-21-27-29-24(34-21)17-9-3-1-4-10-17/h1-14H,15-16H2. The monoisotopic (exact) mass is 487 g/mol. The van der Waals surface area contributed by atoms with Gasteiger partial charge in [-0.2, -0.15) is 0 Å². The van der Waals surface area contributed by atoms with Gasteiger partial charge in [-0.3, -0.25) is 9.36 Å². The fourth-order valence-corrected chi connectivity index (χ4v) is 4.06. The number of nitrogens with zero attached hydrogens (tertiary/aromatic N) is 5. The number of ether oxygens (including phenoxy) is 1. The third-order valence-electron chi connectivity index (χ3n) is 4.93. The van der Waals surface area contributed by atoms with Gasteiger partial charge in [0.1, 0.15) is 5.82 Å². The third-order valence-corrected chi connectivity index (χ3v) is 5.83. The summed E-state index contributed by atoms with van der Waals surface area (Å²) in [7, 11) is 0. The van der Waals surface area contributed by atoms with Gasteiger partial charge in [-0.25, -0.2) is 4.39 Å². The van der Waals surface area contributed by atoms with E-state index in [0.29, 0.717) is 22.4 Å². The van der Waals surface area contributed by atoms with Gasteiger partial charge in [0.2, 0.25) is 5.89 Å². The van der Waals surface area contributed by atoms with Gasteiger partial charge in [0.05, 0.1) is 11.3 Å². The zero-order valence-corrected chi connectivity index (χ0v) is 19.1. The Morgan fingerprint density at radius 2 is 1.60 bits per heavy atom. The summed E-state index contributed by atoms with van der Waals surface area (Å²) in [5, 5.41) is 16.7. The summed E-state index contributed by atoms with van der Waals surface area (Å²) in [5.41, 5.74) is 1.83. The van der Waals surface area contributed by atoms with Crippen LogP contribution in [0.25, 0.3) is 28.5 Å². The highest BCUT2D eigenvalue weighted by molar-refractivity contribution is 7.99. The molecule has 0 bridgehead atoms. The fourth-order valence-electron chi connectivity index (χ4n) is 3.31. The molecule has 0 amide bonds. The molecule has 2 aromatic heterocycles. The van der Waals surface area contributed by atoms with Crippen LogP contribution in [0.2, 0.25) is 0 Å². The van der Waals surface area contributed by atoms with Crippen molar-refractivity contribution in [3.8, 4) is 28.5 Å². The van der Waals surface area contributed by atoms with Crippen LogP contribution in [0, 0.1) is 5.82 Å². The average molecular weight is 488 g/mol. The van der Waals surface area contributed by atoms with Gasteiger partial charge in [0.25, 0.3) is 5.89 Å². The molecule has 2 heterocycles. The van der Waals surface area contributed by atoms with Crippen molar-refractivity contribution >= 4 is 17.7 Å². The van der Waals surface area contributed by atoms with Crippen LogP contribution in [-0.2, 0) is 16.1 Å². The Labute approximate surface area is 203 Å². The van der Waals surface area contributed by atoms with Gasteiger partial charge in [0.15, 0.2) is 17.6 Å². The zero-order valence-electron chi connectivity index (χ0n) is 18.2. The summed E-state index contributed by atoms with van der Waals surface area (Å²) in [6, 6.07) is 25.0. The van der Waals surface area contributed by atoms with Crippen molar-refractivity contribution < 1.29 is 18.3 Å². The lowest BCUT2D eigenvalue weighted by Crippen LogP contribution is -2.09. The molecule has 0 atom stereocenters. The average Bonchev–Trinajstić information content (AvgIpc) is 3.55. The highest BCUT2D eigenvalue weighted by atomic mass is 32.2. The number of esters is 1. The van der Waals surface area contributed by atoms with Crippen molar-refractivity contribution in [2.24, 2.45) is 0 Å². The fraction of sp³-hybridized carbons (Fsp3) is 0.0800. The number of aromatic nitrogens is 5. The third kappa shape index (κ3) is 5.12. The van der Waals surface area contributed by atoms with E-state index < -0.39 is 11.8 Å². The van der Waals surface area contributed by atoms with E-state index in [2.05, 4.69) is 20.4 Å². The minimum Gasteiger partial charge on any atom is -0.455 e. The molecule has 3 aromatic carbocycles. The Hall–Kier alpha value is -4.31. The Morgan fingerprint density at radius 1 is 0.886 bits per heavy atom. The lowest BCUT2D eigenvalue weighted by atomic mass is 10.2. The predicted molar refractivity (Wildman–Crippen MR) is 127 cm³/mol. The summed E-state index contributed by atoms with van der Waals surface area (Å²) < 4.78 is 27.0. The summed E-state index contributed by atoms with van der Waals surface area (Å²) >= 11 is 1.13. The summed E-state index contributed by atoms with van der Waals surface area (Å²) in [6.45, 7) is -0.148. The van der Waals surface area contributed by atoms with Gasteiger partial charge < -0.3 is 9.15 Å². The molecule has 0 fully saturated rings. The SMILES string of the molecule is O=C(CSc1nnc(-c2ccccc2F)n1-c1ccccc1)OCc1nnc(-c2ccccc2)o1. The highest BCUT2D eigenvalue weighted by Gasteiger charge is 2.20. The summed E-state index contributed by atoms with van der Waals surface area (Å²) in [4.78, 5) is 12.4. The number of rotatable bonds is 8. The van der Waals surface area contributed by atoms with E-state index in [0.717, 1.165) is 23.0 Å². The maximum absolute atomic E-state index is 14.5. The summed E-state index contributed by atoms with van der Waals surface area (Å²) in [6.07, 6.45) is 0. The van der Waals surface area contributed by atoms with E-state index in [-0.39, 0.29) is 18.3 Å². The van der Waals surface area contributed by atoms with Gasteiger partial charge >= 0.3 is 5.97 Å². The smallest absolute Gasteiger partial charge is 0.316 e. The number of para-hydroxylation sites is 1. The molecule has 0 N–H and O–H groups in total. The number of carbonyl (C=O) groups is 1. The first-order chi connectivity index (χ1) is 17.2. The Morgan fingerprint density at radius 3 is 2.37 bits per heavy atom. The lowest BCUT2D eigenvalue weighted by Gasteiger charge is -2.10. The van der Waals surface area contributed by atoms with Crippen molar-refractivity contribution in [3.05, 3.63) is 96.6 Å². The molecule has 0 aliphatic rings. The van der Waals surface area contributed by atoms with Crippen LogP contribution in [0.1, 0.15) is 5.89 Å². The number of hydrogen-bond donors (Lipinski definition) is 0. The van der Waals surface area contributed by atoms with Crippen molar-refractivity contribution in [3.63, 3.8) is 0 Å². The Balaban J connectivity index is 1.28. The van der Waals surface area contributed by atoms with Crippen molar-refractivity contribution in [2.45, 2.75) is 11.8 Å². The largest absolute Gasteiger partial charge is 0.455 e. The lowest BCUT2D eigenvalue weighted by molar-refractivity contribution is -0.142. The van der Waals surface area contributed by atoms with E-state index in [1.54, 1.807) is 22.8 Å². The molecule has 5 rings (SSSR count). The van der Waals surface area contributed by atoms with Crippen LogP contribution < -0.4 is 0 Å². The van der Waals surface area contributed by atoms with Crippen LogP contribution in [0.15, 0.2) is 94.5 Å². The van der Waals surface area contributed by atoms with E-state index in [1.165, 1.54) is 6.07 Å². The van der Waals surface area contributed by atoms with E-state index in [4.69, 9.17) is 9.15 Å². The van der Waals surface area contributed by atoms with Gasteiger partial charge in [-0.05, 0) is 36.4 Å². The maximum Gasteiger partial charge on any atom is 0.316 e. The normalized spacial score (nSPS) is 10.9. The van der Waals surface area contributed by atoms with Crippen LogP contribution >= 0.6 is 11.8 Å². The van der Waals surface area contributed by atoms with Crippen LogP contribution in [0.3, 0.4) is 0 Å². The first-order valence-corrected chi connectivity index (χ1v) is 11.6. The van der Waals surface area contributed by atoms with Crippen molar-refractivity contribution in [2.75, 3.05) is 5.75 Å². The van der Waals surface area contributed by atoms with Crippen LogP contribution in [-0.4, -0.2) is 36.7 Å². The molecule has 0 radical (unpaired) electrons. The van der Waals surface area contributed by atoms with Gasteiger partial charge in [-0.15, -0.1) is 20.4 Å². The molecular formula is C25H18FN5O3S. The van der Waals surface area contributed by atoms with Gasteiger partial charge in [0, 0.05) is 11.3 Å². The molecular weight excluding hydrogens is 469 g/mol. The molecule has 8 nitrogen and oxygen atoms in total. The first kappa shape index (κ1) is 22.5. The molecule has 0 saturated heterocycles. The molecule has 0 spiro atoms. The van der Waals surface area contributed by atoms with Gasteiger partial charge in [-0.1, -0.05) is 60.3 Å². The number of hydrogen-bond acceptors (Lipinski definition) is 8. The minimum atomic E-state index is -0.496. The maximum atomic E-state index is 14.5. The Bertz CT molecular complexity index is 1440. The molecule has 10 heteroatoms. The molecule has 0 unspecified atom stereocenters. The molecule has 174 valence electrons. The molecule has 0 aliphatic carbocycles. The zero-order chi connectivity index (χ0) is 24.0. The second-order valence-corrected chi connectivity index (χ2v) is 8.22. The van der Waals surface area contributed by atoms with E-state index in [1.807, 2.05) is 60.7 Å². The number of thioether (sulfide) groups is 1. The van der Waals surface area contributed by atoms with Crippen LogP contribution in [0.5, 0.6) is 0 Å². The number of halogens is 1. The van der Waals surface area contributed by atoms with Crippen molar-refractivity contribution in [1.29, 1.82) is 0 Å².